The van der Waals surface area contributed by atoms with E-state index >= 15 is 0 Å². The lowest BCUT2D eigenvalue weighted by Crippen LogP contribution is -3.12. The van der Waals surface area contributed by atoms with Crippen molar-refractivity contribution in [1.82, 2.24) is 10.2 Å². The maximum atomic E-state index is 13.3. The molecule has 0 aliphatic carbocycles. The lowest BCUT2D eigenvalue weighted by Gasteiger charge is -2.27. The number of ether oxygens (including phenoxy) is 2. The minimum Gasteiger partial charge on any atom is -0.497 e. The number of rotatable bonds is 6. The average molecular weight is 410 g/mol. The molecule has 2 aliphatic rings. The molecule has 2 saturated heterocycles. The molecule has 1 unspecified atom stereocenters. The van der Waals surface area contributed by atoms with Crippen LogP contribution < -0.4 is 19.7 Å². The summed E-state index contributed by atoms with van der Waals surface area (Å²) in [6, 6.07) is 14.9. The molecule has 4 rings (SSSR count). The number of carbonyl (C=O) groups is 2. The van der Waals surface area contributed by atoms with Gasteiger partial charge in [-0.2, -0.15) is 0 Å². The van der Waals surface area contributed by atoms with Crippen LogP contribution in [0.25, 0.3) is 0 Å². The third-order valence-corrected chi connectivity index (χ3v) is 6.28. The molecule has 2 N–H and O–H groups in total. The van der Waals surface area contributed by atoms with Crippen LogP contribution in [0.5, 0.6) is 11.5 Å². The van der Waals surface area contributed by atoms with Gasteiger partial charge in [-0.3, -0.25) is 4.79 Å². The summed E-state index contributed by atoms with van der Waals surface area (Å²) in [6.45, 7) is 2.96. The zero-order valence-corrected chi connectivity index (χ0v) is 17.6. The number of nitrogens with one attached hydrogen (secondary N) is 2. The number of nitrogens with zero attached hydrogens (tertiary/aromatic N) is 1. The van der Waals surface area contributed by atoms with Gasteiger partial charge in [-0.15, -0.1) is 0 Å². The van der Waals surface area contributed by atoms with E-state index in [4.69, 9.17) is 9.47 Å². The topological polar surface area (TPSA) is 72.3 Å². The minimum absolute atomic E-state index is 0.124. The van der Waals surface area contributed by atoms with Crippen molar-refractivity contribution in [2.24, 2.45) is 0 Å². The fourth-order valence-electron chi connectivity index (χ4n) is 4.60. The summed E-state index contributed by atoms with van der Waals surface area (Å²) >= 11 is 0. The first-order chi connectivity index (χ1) is 14.5. The van der Waals surface area contributed by atoms with E-state index in [-0.39, 0.29) is 18.0 Å². The monoisotopic (exact) mass is 410 g/mol. The van der Waals surface area contributed by atoms with Crippen molar-refractivity contribution in [2.45, 2.75) is 31.3 Å². The molecule has 2 aliphatic heterocycles. The first-order valence-electron chi connectivity index (χ1n) is 10.2. The molecular formula is C23H28N3O4+. The van der Waals surface area contributed by atoms with Crippen LogP contribution in [0.2, 0.25) is 0 Å². The number of benzene rings is 2. The Bertz CT molecular complexity index is 949. The second-order valence-electron chi connectivity index (χ2n) is 8.02. The number of hydrogen-bond donors (Lipinski definition) is 2. The molecule has 0 saturated carbocycles. The third kappa shape index (κ3) is 3.39. The minimum atomic E-state index is -1.04. The molecule has 7 heteroatoms. The summed E-state index contributed by atoms with van der Waals surface area (Å²) < 4.78 is 11.0. The molecule has 3 amide bonds. The number of methoxy groups -OCH3 is 2. The van der Waals surface area contributed by atoms with E-state index in [0.717, 1.165) is 42.0 Å². The highest BCUT2D eigenvalue weighted by Crippen LogP contribution is 2.32. The second kappa shape index (κ2) is 7.99. The van der Waals surface area contributed by atoms with Crippen molar-refractivity contribution >= 4 is 11.9 Å². The molecule has 0 aromatic heterocycles. The number of urea groups is 1. The zero-order valence-electron chi connectivity index (χ0n) is 17.6. The van der Waals surface area contributed by atoms with Crippen LogP contribution >= 0.6 is 0 Å². The van der Waals surface area contributed by atoms with E-state index in [0.29, 0.717) is 6.67 Å². The fourth-order valence-corrected chi connectivity index (χ4v) is 4.60. The highest BCUT2D eigenvalue weighted by Gasteiger charge is 2.51. The number of imide groups is 1. The highest BCUT2D eigenvalue weighted by atomic mass is 16.5. The predicted octanol–water partition coefficient (Wildman–Crippen LogP) is 1.85. The molecule has 0 spiro atoms. The first kappa shape index (κ1) is 20.2. The Labute approximate surface area is 176 Å². The number of hydrogen-bond acceptors (Lipinski definition) is 4. The lowest BCUT2D eigenvalue weighted by atomic mass is 9.92. The maximum Gasteiger partial charge on any atom is 0.329 e. The first-order valence-corrected chi connectivity index (χ1v) is 10.2. The molecule has 0 radical (unpaired) electrons. The number of quaternary nitrogens is 1. The summed E-state index contributed by atoms with van der Waals surface area (Å²) in [4.78, 5) is 28.6. The van der Waals surface area contributed by atoms with Gasteiger partial charge in [0.1, 0.15) is 23.1 Å². The summed E-state index contributed by atoms with van der Waals surface area (Å²) in [5.74, 6) is 1.35. The molecule has 158 valence electrons. The van der Waals surface area contributed by atoms with Crippen LogP contribution in [0.4, 0.5) is 4.79 Å². The van der Waals surface area contributed by atoms with Crippen LogP contribution in [0.15, 0.2) is 48.5 Å². The Hall–Kier alpha value is -3.06. The fraction of sp³-hybridized carbons (Fsp3) is 0.391. The Morgan fingerprint density at radius 3 is 2.60 bits per heavy atom. The van der Waals surface area contributed by atoms with Gasteiger partial charge in [-0.25, -0.2) is 9.69 Å². The van der Waals surface area contributed by atoms with E-state index in [1.54, 1.807) is 21.1 Å². The van der Waals surface area contributed by atoms with Crippen LogP contribution in [0.3, 0.4) is 0 Å². The largest absolute Gasteiger partial charge is 0.497 e. The van der Waals surface area contributed by atoms with E-state index in [2.05, 4.69) is 5.32 Å². The van der Waals surface area contributed by atoms with Crippen LogP contribution in [0, 0.1) is 0 Å². The molecular weight excluding hydrogens is 382 g/mol. The molecule has 3 atom stereocenters. The van der Waals surface area contributed by atoms with Crippen molar-refractivity contribution in [3.63, 3.8) is 0 Å². The van der Waals surface area contributed by atoms with Crippen molar-refractivity contribution in [3.05, 3.63) is 59.7 Å². The standard InChI is InChI=1S/C23H27N3O4/c1-23(16-8-5-4-6-9-16)21(27)26(22(28)24-23)15-25-13-7-10-19(25)18-14-17(29-2)11-12-20(18)30-3/h4-6,8-9,11-12,14,19H,7,10,13,15H2,1-3H3,(H,24,28)/p+1/t19-,23-/m1/s1. The summed E-state index contributed by atoms with van der Waals surface area (Å²) in [5, 5.41) is 2.90. The van der Waals surface area contributed by atoms with Gasteiger partial charge < -0.3 is 19.7 Å². The van der Waals surface area contributed by atoms with Gasteiger partial charge in [0.05, 0.1) is 26.3 Å². The Balaban J connectivity index is 1.58. The van der Waals surface area contributed by atoms with E-state index in [1.807, 2.05) is 48.5 Å². The Morgan fingerprint density at radius 2 is 1.90 bits per heavy atom. The lowest BCUT2D eigenvalue weighted by molar-refractivity contribution is -0.925. The average Bonchev–Trinajstić information content (AvgIpc) is 3.32. The van der Waals surface area contributed by atoms with Gasteiger partial charge in [0, 0.05) is 12.8 Å². The van der Waals surface area contributed by atoms with Crippen LogP contribution in [0.1, 0.15) is 36.9 Å². The quantitative estimate of drug-likeness (QED) is 0.713. The molecule has 2 heterocycles. The summed E-state index contributed by atoms with van der Waals surface area (Å²) in [7, 11) is 3.30. The van der Waals surface area contributed by atoms with Gasteiger partial charge in [0.25, 0.3) is 5.91 Å². The van der Waals surface area contributed by atoms with E-state index < -0.39 is 5.54 Å². The molecule has 0 bridgehead atoms. The van der Waals surface area contributed by atoms with Crippen LogP contribution in [-0.4, -0.2) is 44.3 Å². The van der Waals surface area contributed by atoms with E-state index in [9.17, 15) is 9.59 Å². The predicted molar refractivity (Wildman–Crippen MR) is 111 cm³/mol. The number of amides is 3. The zero-order chi connectivity index (χ0) is 21.3. The normalized spacial score (nSPS) is 26.0. The summed E-state index contributed by atoms with van der Waals surface area (Å²) in [6.07, 6.45) is 1.97. The molecule has 30 heavy (non-hydrogen) atoms. The van der Waals surface area contributed by atoms with Crippen molar-refractivity contribution in [2.75, 3.05) is 27.4 Å². The Morgan fingerprint density at radius 1 is 1.13 bits per heavy atom. The van der Waals surface area contributed by atoms with Gasteiger partial charge >= 0.3 is 6.03 Å². The SMILES string of the molecule is COc1ccc(OC)c([C@H]2CCC[NH+]2CN2C(=O)N[C@](C)(c3ccccc3)C2=O)c1. The van der Waals surface area contributed by atoms with Gasteiger partial charge in [0.2, 0.25) is 0 Å². The van der Waals surface area contributed by atoms with Crippen molar-refractivity contribution in [1.29, 1.82) is 0 Å². The maximum absolute atomic E-state index is 13.3. The van der Waals surface area contributed by atoms with Gasteiger partial charge in [-0.1, -0.05) is 30.3 Å². The van der Waals surface area contributed by atoms with Gasteiger partial charge in [-0.05, 0) is 30.7 Å². The third-order valence-electron chi connectivity index (χ3n) is 6.28. The van der Waals surface area contributed by atoms with Gasteiger partial charge in [0.15, 0.2) is 6.67 Å². The molecule has 2 aromatic rings. The Kier molecular flexibility index (Phi) is 5.39. The number of carbonyl (C=O) groups excluding carboxylic acids is 2. The smallest absolute Gasteiger partial charge is 0.329 e. The summed E-state index contributed by atoms with van der Waals surface area (Å²) in [5.41, 5.74) is 0.788. The highest BCUT2D eigenvalue weighted by molar-refractivity contribution is 6.07. The molecule has 7 nitrogen and oxygen atoms in total. The van der Waals surface area contributed by atoms with E-state index in [1.165, 1.54) is 9.80 Å². The molecule has 2 fully saturated rings. The van der Waals surface area contributed by atoms with Crippen LogP contribution in [-0.2, 0) is 10.3 Å². The number of likely N-dealkylation sites (tertiary alicyclic amines) is 1. The van der Waals surface area contributed by atoms with Crippen molar-refractivity contribution < 1.29 is 24.0 Å². The molecule has 2 aromatic carbocycles. The second-order valence-corrected chi connectivity index (χ2v) is 8.02. The van der Waals surface area contributed by atoms with Crippen molar-refractivity contribution in [3.8, 4) is 11.5 Å².